The molecule has 0 bridgehead atoms. The molecule has 1 atom stereocenters. The Kier molecular flexibility index (Phi) is 5.13. The molecule has 3 aromatic rings. The Morgan fingerprint density at radius 1 is 1.15 bits per heavy atom. The molecular weight excluding hydrogens is 436 g/mol. The van der Waals surface area contributed by atoms with Crippen molar-refractivity contribution in [3.8, 4) is 0 Å². The lowest BCUT2D eigenvalue weighted by atomic mass is 9.73. The van der Waals surface area contributed by atoms with Crippen LogP contribution in [0.25, 0.3) is 0 Å². The van der Waals surface area contributed by atoms with Gasteiger partial charge in [-0.25, -0.2) is 4.68 Å². The van der Waals surface area contributed by atoms with E-state index in [0.29, 0.717) is 40.5 Å². The van der Waals surface area contributed by atoms with Crippen LogP contribution in [0.1, 0.15) is 54.2 Å². The van der Waals surface area contributed by atoms with Crippen molar-refractivity contribution < 1.29 is 9.59 Å². The number of allylic oxidation sites excluding steroid dienone is 2. The van der Waals surface area contributed by atoms with Gasteiger partial charge in [0.1, 0.15) is 17.4 Å². The quantitative estimate of drug-likeness (QED) is 0.521. The molecule has 2 aliphatic rings. The fourth-order valence-corrected chi connectivity index (χ4v) is 4.94. The number of carbonyl (C=O) groups excluding carboxylic acids is 2. The topological polar surface area (TPSA) is 76.0 Å². The third-order valence-electron chi connectivity index (χ3n) is 6.26. The number of aromatic nitrogens is 2. The van der Waals surface area contributed by atoms with Gasteiger partial charge in [-0.2, -0.15) is 5.10 Å². The summed E-state index contributed by atoms with van der Waals surface area (Å²) in [6.45, 7) is 6.16. The Hall–Kier alpha value is -3.38. The van der Waals surface area contributed by atoms with Gasteiger partial charge in [0.05, 0.1) is 6.20 Å². The molecule has 168 valence electrons. The van der Waals surface area contributed by atoms with Crippen LogP contribution in [-0.2, 0) is 4.79 Å². The number of fused-ring (bicyclic) bond motifs is 1. The fraction of sp³-hybridized carbons (Fsp3) is 0.269. The average Bonchev–Trinajstić information content (AvgIpc) is 3.17. The molecule has 7 heteroatoms. The molecule has 0 saturated carbocycles. The van der Waals surface area contributed by atoms with Crippen molar-refractivity contribution in [3.63, 3.8) is 0 Å². The second-order valence-electron chi connectivity index (χ2n) is 9.55. The van der Waals surface area contributed by atoms with Crippen LogP contribution in [0.5, 0.6) is 0 Å². The van der Waals surface area contributed by atoms with Crippen molar-refractivity contribution in [1.82, 2.24) is 9.78 Å². The molecule has 0 unspecified atom stereocenters. The summed E-state index contributed by atoms with van der Waals surface area (Å²) >= 11 is 6.57. The molecule has 0 saturated heterocycles. The molecular formula is C26H25ClN4O2. The Bertz CT molecular complexity index is 1300. The van der Waals surface area contributed by atoms with E-state index in [1.165, 1.54) is 0 Å². The van der Waals surface area contributed by atoms with Crippen LogP contribution in [0, 0.1) is 12.3 Å². The van der Waals surface area contributed by atoms with E-state index >= 15 is 0 Å². The highest BCUT2D eigenvalue weighted by Gasteiger charge is 2.42. The SMILES string of the molecule is Cc1ccc(NC(=O)c2cnn3c2NC2=C(C(=O)CC(C)(C)C2)[C@H]3c2ccccc2Cl)cc1. The maximum atomic E-state index is 13.3. The number of nitrogens with one attached hydrogen (secondary N) is 2. The largest absolute Gasteiger partial charge is 0.343 e. The van der Waals surface area contributed by atoms with E-state index in [4.69, 9.17) is 11.6 Å². The highest BCUT2D eigenvalue weighted by atomic mass is 35.5. The van der Waals surface area contributed by atoms with Crippen molar-refractivity contribution in [2.45, 2.75) is 39.7 Å². The molecule has 1 aromatic heterocycles. The lowest BCUT2D eigenvalue weighted by Crippen LogP contribution is -2.37. The number of rotatable bonds is 3. The Balaban J connectivity index is 1.60. The summed E-state index contributed by atoms with van der Waals surface area (Å²) in [4.78, 5) is 26.5. The number of hydrogen-bond acceptors (Lipinski definition) is 4. The number of anilines is 2. The normalized spacial score (nSPS) is 18.9. The number of halogens is 1. The predicted octanol–water partition coefficient (Wildman–Crippen LogP) is 5.76. The summed E-state index contributed by atoms with van der Waals surface area (Å²) in [6.07, 6.45) is 2.69. The molecule has 1 aliphatic heterocycles. The van der Waals surface area contributed by atoms with Crippen LogP contribution in [-0.4, -0.2) is 21.5 Å². The van der Waals surface area contributed by atoms with E-state index in [2.05, 4.69) is 29.6 Å². The van der Waals surface area contributed by atoms with E-state index in [1.54, 1.807) is 10.9 Å². The highest BCUT2D eigenvalue weighted by Crippen LogP contribution is 2.47. The summed E-state index contributed by atoms with van der Waals surface area (Å²) in [5, 5.41) is 11.4. The molecule has 0 fully saturated rings. The van der Waals surface area contributed by atoms with E-state index in [-0.39, 0.29) is 17.1 Å². The first kappa shape index (κ1) is 21.5. The van der Waals surface area contributed by atoms with Crippen molar-refractivity contribution >= 4 is 34.8 Å². The van der Waals surface area contributed by atoms with Gasteiger partial charge in [-0.3, -0.25) is 9.59 Å². The molecule has 0 spiro atoms. The number of benzene rings is 2. The number of aryl methyl sites for hydroxylation is 1. The first-order valence-electron chi connectivity index (χ1n) is 11.0. The summed E-state index contributed by atoms with van der Waals surface area (Å²) in [7, 11) is 0. The monoisotopic (exact) mass is 460 g/mol. The number of ketones is 1. The minimum atomic E-state index is -0.491. The maximum absolute atomic E-state index is 13.3. The average molecular weight is 461 g/mol. The first-order valence-corrected chi connectivity index (χ1v) is 11.3. The Morgan fingerprint density at radius 3 is 2.61 bits per heavy atom. The predicted molar refractivity (Wildman–Crippen MR) is 130 cm³/mol. The van der Waals surface area contributed by atoms with Gasteiger partial charge in [-0.05, 0) is 42.5 Å². The molecule has 2 heterocycles. The maximum Gasteiger partial charge on any atom is 0.261 e. The molecule has 0 radical (unpaired) electrons. The Morgan fingerprint density at radius 2 is 1.88 bits per heavy atom. The highest BCUT2D eigenvalue weighted by molar-refractivity contribution is 6.31. The third-order valence-corrected chi connectivity index (χ3v) is 6.60. The summed E-state index contributed by atoms with van der Waals surface area (Å²) in [5.41, 5.74) is 4.34. The molecule has 1 aliphatic carbocycles. The fourth-order valence-electron chi connectivity index (χ4n) is 4.70. The van der Waals surface area contributed by atoms with Crippen molar-refractivity contribution in [3.05, 3.63) is 87.7 Å². The van der Waals surface area contributed by atoms with E-state index < -0.39 is 6.04 Å². The van der Waals surface area contributed by atoms with E-state index in [9.17, 15) is 9.59 Å². The number of hydrogen-bond donors (Lipinski definition) is 2. The van der Waals surface area contributed by atoms with Gasteiger partial charge in [0.2, 0.25) is 0 Å². The van der Waals surface area contributed by atoms with Crippen LogP contribution in [0.4, 0.5) is 11.5 Å². The standard InChI is InChI=1S/C26H25ClN4O2/c1-15-8-10-16(11-9-15)29-25(33)18-14-28-31-23(17-6-4-5-7-19(17)27)22-20(30-24(18)31)12-26(2,3)13-21(22)32/h4-11,14,23,30H,12-13H2,1-3H3,(H,29,33)/t23-/m1/s1. The lowest BCUT2D eigenvalue weighted by molar-refractivity contribution is -0.118. The van der Waals surface area contributed by atoms with Crippen LogP contribution in [0.15, 0.2) is 66.0 Å². The molecule has 5 rings (SSSR count). The zero-order chi connectivity index (χ0) is 23.3. The Labute approximate surface area is 197 Å². The van der Waals surface area contributed by atoms with Crippen molar-refractivity contribution in [2.24, 2.45) is 5.41 Å². The van der Waals surface area contributed by atoms with E-state index in [1.807, 2.05) is 55.5 Å². The van der Waals surface area contributed by atoms with Gasteiger partial charge in [0.25, 0.3) is 5.91 Å². The summed E-state index contributed by atoms with van der Waals surface area (Å²) in [6, 6.07) is 14.6. The van der Waals surface area contributed by atoms with Crippen LogP contribution < -0.4 is 10.6 Å². The second kappa shape index (κ2) is 7.89. The van der Waals surface area contributed by atoms with Gasteiger partial charge in [0, 0.05) is 28.4 Å². The van der Waals surface area contributed by atoms with Crippen molar-refractivity contribution in [2.75, 3.05) is 10.6 Å². The number of Topliss-reactive ketones (excluding diaryl/α,β-unsaturated/α-hetero) is 1. The second-order valence-corrected chi connectivity index (χ2v) is 9.96. The van der Waals surface area contributed by atoms with Gasteiger partial charge in [-0.1, -0.05) is 61.3 Å². The third kappa shape index (κ3) is 3.85. The van der Waals surface area contributed by atoms with Gasteiger partial charge >= 0.3 is 0 Å². The molecule has 6 nitrogen and oxygen atoms in total. The molecule has 1 amide bonds. The van der Waals surface area contributed by atoms with Crippen molar-refractivity contribution in [1.29, 1.82) is 0 Å². The van der Waals surface area contributed by atoms with Crippen LogP contribution in [0.3, 0.4) is 0 Å². The minimum absolute atomic E-state index is 0.0745. The summed E-state index contributed by atoms with van der Waals surface area (Å²) < 4.78 is 1.71. The zero-order valence-corrected chi connectivity index (χ0v) is 19.5. The van der Waals surface area contributed by atoms with Gasteiger partial charge in [0.15, 0.2) is 5.78 Å². The van der Waals surface area contributed by atoms with Gasteiger partial charge in [-0.15, -0.1) is 0 Å². The first-order chi connectivity index (χ1) is 15.7. The van der Waals surface area contributed by atoms with E-state index in [0.717, 1.165) is 16.8 Å². The molecule has 2 N–H and O–H groups in total. The lowest BCUT2D eigenvalue weighted by Gasteiger charge is -2.39. The molecule has 33 heavy (non-hydrogen) atoms. The van der Waals surface area contributed by atoms with Crippen LogP contribution >= 0.6 is 11.6 Å². The number of nitrogens with zero attached hydrogens (tertiary/aromatic N) is 2. The van der Waals surface area contributed by atoms with Gasteiger partial charge < -0.3 is 10.6 Å². The summed E-state index contributed by atoms with van der Waals surface area (Å²) in [5.74, 6) is 0.371. The zero-order valence-electron chi connectivity index (χ0n) is 18.8. The minimum Gasteiger partial charge on any atom is -0.343 e. The smallest absolute Gasteiger partial charge is 0.261 e. The number of carbonyl (C=O) groups is 2. The number of amides is 1. The van der Waals surface area contributed by atoms with Crippen LogP contribution in [0.2, 0.25) is 5.02 Å². The molecule has 2 aromatic carbocycles.